The molecule has 4 rings (SSSR count). The fourth-order valence-electron chi connectivity index (χ4n) is 4.11. The van der Waals surface area contributed by atoms with Crippen LogP contribution in [0.3, 0.4) is 0 Å². The van der Waals surface area contributed by atoms with E-state index in [1.165, 1.54) is 6.92 Å². The molecule has 0 fully saturated rings. The van der Waals surface area contributed by atoms with Gasteiger partial charge < -0.3 is 14.8 Å². The number of carbonyl (C=O) groups is 2. The van der Waals surface area contributed by atoms with Gasteiger partial charge in [-0.3, -0.25) is 0 Å². The van der Waals surface area contributed by atoms with Crippen LogP contribution in [-0.4, -0.2) is 30.8 Å². The van der Waals surface area contributed by atoms with E-state index in [1.807, 2.05) is 66.7 Å². The third-order valence-electron chi connectivity index (χ3n) is 5.81. The molecule has 3 aromatic rings. The summed E-state index contributed by atoms with van der Waals surface area (Å²) in [6.45, 7) is 1.66. The molecule has 1 unspecified atom stereocenters. The smallest absolute Gasteiger partial charge is 0.407 e. The number of hydrogen-bond acceptors (Lipinski definition) is 5. The summed E-state index contributed by atoms with van der Waals surface area (Å²) >= 11 is 0. The quantitative estimate of drug-likeness (QED) is 0.213. The Bertz CT molecular complexity index is 1180. The third-order valence-corrected chi connectivity index (χ3v) is 5.81. The maximum Gasteiger partial charge on any atom is 0.407 e. The van der Waals surface area contributed by atoms with E-state index in [1.54, 1.807) is 0 Å². The van der Waals surface area contributed by atoms with Crippen LogP contribution in [0.25, 0.3) is 21.6 Å². The average Bonchev–Trinajstić information content (AvgIpc) is 3.19. The summed E-state index contributed by atoms with van der Waals surface area (Å²) in [5.74, 6) is -0.826. The van der Waals surface area contributed by atoms with E-state index in [9.17, 15) is 9.59 Å². The Morgan fingerprint density at radius 1 is 0.941 bits per heavy atom. The van der Waals surface area contributed by atoms with Crippen LogP contribution in [0.5, 0.6) is 0 Å². The maximum absolute atomic E-state index is 12.7. The van der Waals surface area contributed by atoms with Gasteiger partial charge in [-0.25, -0.2) is 9.59 Å². The molecule has 0 saturated heterocycles. The van der Waals surface area contributed by atoms with Gasteiger partial charge in [-0.2, -0.15) is 0 Å². The molecule has 0 radical (unpaired) electrons. The number of esters is 1. The Morgan fingerprint density at radius 3 is 2.15 bits per heavy atom. The standard InChI is InChI=1S/C26H24N4O4/c1-17(29-30-27)24(25(31)33-15-18-9-3-2-4-10-18)28-26(32)34-16-23-21-13-7-5-11-19(21)20-12-6-8-14-22(20)23/h2-14,17,23-24H,15-16H2,1H3,(H,28,32)/t17?,24-/m0/s1. The summed E-state index contributed by atoms with van der Waals surface area (Å²) in [5, 5.41) is 6.07. The van der Waals surface area contributed by atoms with Crippen molar-refractivity contribution in [3.05, 3.63) is 106 Å². The van der Waals surface area contributed by atoms with Crippen LogP contribution in [0.1, 0.15) is 29.5 Å². The largest absolute Gasteiger partial charge is 0.459 e. The lowest BCUT2D eigenvalue weighted by molar-refractivity contribution is -0.147. The van der Waals surface area contributed by atoms with Gasteiger partial charge in [-0.05, 0) is 33.3 Å². The number of nitrogens with one attached hydrogen (secondary N) is 1. The molecule has 0 heterocycles. The molecular weight excluding hydrogens is 432 g/mol. The van der Waals surface area contributed by atoms with Crippen molar-refractivity contribution in [2.75, 3.05) is 6.61 Å². The Morgan fingerprint density at radius 2 is 1.53 bits per heavy atom. The highest BCUT2D eigenvalue weighted by Crippen LogP contribution is 2.44. The summed E-state index contributed by atoms with van der Waals surface area (Å²) in [6, 6.07) is 23.1. The van der Waals surface area contributed by atoms with E-state index in [0.29, 0.717) is 0 Å². The Labute approximate surface area is 197 Å². The first kappa shape index (κ1) is 22.9. The molecule has 1 aliphatic rings. The molecular formula is C26H24N4O4. The number of benzene rings is 3. The highest BCUT2D eigenvalue weighted by molar-refractivity contribution is 5.82. The van der Waals surface area contributed by atoms with E-state index >= 15 is 0 Å². The number of amides is 1. The van der Waals surface area contributed by atoms with E-state index in [0.717, 1.165) is 27.8 Å². The van der Waals surface area contributed by atoms with Gasteiger partial charge in [0, 0.05) is 10.8 Å². The van der Waals surface area contributed by atoms with Gasteiger partial charge in [-0.15, -0.1) is 0 Å². The van der Waals surface area contributed by atoms with Gasteiger partial charge in [-0.1, -0.05) is 90.9 Å². The first-order valence-electron chi connectivity index (χ1n) is 10.9. The highest BCUT2D eigenvalue weighted by atomic mass is 16.6. The number of alkyl carbamates (subject to hydrolysis) is 1. The van der Waals surface area contributed by atoms with E-state index < -0.39 is 24.1 Å². The van der Waals surface area contributed by atoms with Gasteiger partial charge in [0.15, 0.2) is 0 Å². The molecule has 8 nitrogen and oxygen atoms in total. The van der Waals surface area contributed by atoms with Gasteiger partial charge in [0.05, 0.1) is 6.04 Å². The van der Waals surface area contributed by atoms with Crippen molar-refractivity contribution < 1.29 is 19.1 Å². The zero-order valence-electron chi connectivity index (χ0n) is 18.6. The Kier molecular flexibility index (Phi) is 7.10. The summed E-state index contributed by atoms with van der Waals surface area (Å²) in [7, 11) is 0. The van der Waals surface area contributed by atoms with Crippen molar-refractivity contribution in [1.82, 2.24) is 5.32 Å². The minimum Gasteiger partial charge on any atom is -0.459 e. The second-order valence-electron chi connectivity index (χ2n) is 7.99. The van der Waals surface area contributed by atoms with Crippen molar-refractivity contribution in [3.63, 3.8) is 0 Å². The fraction of sp³-hybridized carbons (Fsp3) is 0.231. The second-order valence-corrected chi connectivity index (χ2v) is 7.99. The topological polar surface area (TPSA) is 113 Å². The van der Waals surface area contributed by atoms with Gasteiger partial charge in [0.2, 0.25) is 0 Å². The number of carbonyl (C=O) groups excluding carboxylic acids is 2. The summed E-state index contributed by atoms with van der Waals surface area (Å²) in [4.78, 5) is 28.1. The van der Waals surface area contributed by atoms with Crippen LogP contribution in [0.4, 0.5) is 4.79 Å². The summed E-state index contributed by atoms with van der Waals surface area (Å²) in [5.41, 5.74) is 14.0. The van der Waals surface area contributed by atoms with Crippen LogP contribution >= 0.6 is 0 Å². The van der Waals surface area contributed by atoms with Crippen molar-refractivity contribution in [2.24, 2.45) is 5.11 Å². The zero-order chi connectivity index (χ0) is 23.9. The Balaban J connectivity index is 1.42. The molecule has 3 aromatic carbocycles. The summed E-state index contributed by atoms with van der Waals surface area (Å²) in [6.07, 6.45) is -0.788. The van der Waals surface area contributed by atoms with E-state index in [-0.39, 0.29) is 19.1 Å². The molecule has 1 aliphatic carbocycles. The molecule has 2 atom stereocenters. The Hall–Kier alpha value is -4.29. The number of fused-ring (bicyclic) bond motifs is 3. The van der Waals surface area contributed by atoms with Gasteiger partial charge >= 0.3 is 12.1 Å². The first-order chi connectivity index (χ1) is 16.6. The molecule has 0 bridgehead atoms. The van der Waals surface area contributed by atoms with Crippen LogP contribution < -0.4 is 5.32 Å². The molecule has 1 amide bonds. The predicted molar refractivity (Wildman–Crippen MR) is 127 cm³/mol. The van der Waals surface area contributed by atoms with Crippen LogP contribution in [0.2, 0.25) is 0 Å². The average molecular weight is 457 g/mol. The van der Waals surface area contributed by atoms with Gasteiger partial charge in [0.1, 0.15) is 19.3 Å². The number of rotatable bonds is 8. The van der Waals surface area contributed by atoms with Crippen molar-refractivity contribution in [1.29, 1.82) is 0 Å². The maximum atomic E-state index is 12.7. The van der Waals surface area contributed by atoms with Crippen LogP contribution in [-0.2, 0) is 20.9 Å². The third kappa shape index (κ3) is 5.03. The first-order valence-corrected chi connectivity index (χ1v) is 10.9. The molecule has 0 saturated carbocycles. The molecule has 8 heteroatoms. The van der Waals surface area contributed by atoms with Crippen LogP contribution in [0.15, 0.2) is 84.0 Å². The zero-order valence-corrected chi connectivity index (χ0v) is 18.6. The lowest BCUT2D eigenvalue weighted by Crippen LogP contribution is -2.48. The molecule has 172 valence electrons. The molecule has 0 spiro atoms. The van der Waals surface area contributed by atoms with Crippen LogP contribution in [0, 0.1) is 0 Å². The lowest BCUT2D eigenvalue weighted by Gasteiger charge is -2.21. The summed E-state index contributed by atoms with van der Waals surface area (Å²) < 4.78 is 10.9. The van der Waals surface area contributed by atoms with Crippen molar-refractivity contribution >= 4 is 12.1 Å². The number of nitrogens with zero attached hydrogens (tertiary/aromatic N) is 3. The minimum atomic E-state index is -1.18. The molecule has 0 aliphatic heterocycles. The fourth-order valence-corrected chi connectivity index (χ4v) is 4.11. The molecule has 34 heavy (non-hydrogen) atoms. The van der Waals surface area contributed by atoms with E-state index in [2.05, 4.69) is 27.5 Å². The lowest BCUT2D eigenvalue weighted by atomic mass is 9.98. The van der Waals surface area contributed by atoms with Gasteiger partial charge in [0.25, 0.3) is 0 Å². The molecule has 1 N–H and O–H groups in total. The number of ether oxygens (including phenoxy) is 2. The monoisotopic (exact) mass is 456 g/mol. The number of azide groups is 1. The SMILES string of the molecule is CC(N=[N+]=[N-])[C@H](NC(=O)OCC1c2ccccc2-c2ccccc21)C(=O)OCc1ccccc1. The minimum absolute atomic E-state index is 0.0333. The number of hydrogen-bond donors (Lipinski definition) is 1. The highest BCUT2D eigenvalue weighted by Gasteiger charge is 2.31. The van der Waals surface area contributed by atoms with E-state index in [4.69, 9.17) is 15.0 Å². The normalized spacial score (nSPS) is 13.6. The predicted octanol–water partition coefficient (Wildman–Crippen LogP) is 5.34. The second kappa shape index (κ2) is 10.6. The molecule has 0 aromatic heterocycles. The van der Waals surface area contributed by atoms with Crippen molar-refractivity contribution in [3.8, 4) is 11.1 Å². The van der Waals surface area contributed by atoms with Crippen molar-refractivity contribution in [2.45, 2.75) is 31.5 Å².